The minimum absolute atomic E-state index is 0.0181. The number of aromatic amines is 1. The van der Waals surface area contributed by atoms with E-state index in [0.717, 1.165) is 22.4 Å². The quantitative estimate of drug-likeness (QED) is 0.844. The van der Waals surface area contributed by atoms with Crippen LogP contribution < -0.4 is 10.9 Å². The van der Waals surface area contributed by atoms with Gasteiger partial charge < -0.3 is 10.3 Å². The van der Waals surface area contributed by atoms with Crippen LogP contribution >= 0.6 is 0 Å². The first-order valence-electron chi connectivity index (χ1n) is 6.08. The Labute approximate surface area is 99.9 Å². The molecule has 88 valence electrons. The maximum atomic E-state index is 11.9. The molecular formula is C14H16N2O. The highest BCUT2D eigenvalue weighted by Gasteiger charge is 2.31. The van der Waals surface area contributed by atoms with Crippen molar-refractivity contribution in [2.45, 2.75) is 25.9 Å². The van der Waals surface area contributed by atoms with Crippen molar-refractivity contribution in [2.75, 3.05) is 0 Å². The van der Waals surface area contributed by atoms with E-state index in [1.165, 1.54) is 6.42 Å². The highest BCUT2D eigenvalue weighted by Crippen LogP contribution is 2.29. The zero-order valence-electron chi connectivity index (χ0n) is 9.86. The summed E-state index contributed by atoms with van der Waals surface area (Å²) in [5.74, 6) is 0.759. The van der Waals surface area contributed by atoms with E-state index >= 15 is 0 Å². The van der Waals surface area contributed by atoms with Crippen LogP contribution in [0, 0.1) is 5.92 Å². The minimum Gasteiger partial charge on any atom is -0.322 e. The second-order valence-corrected chi connectivity index (χ2v) is 4.91. The first-order chi connectivity index (χ1) is 8.24. The van der Waals surface area contributed by atoms with Gasteiger partial charge in [-0.3, -0.25) is 4.79 Å². The zero-order chi connectivity index (χ0) is 11.8. The number of hydrogen-bond donors (Lipinski definition) is 2. The molecule has 0 aliphatic heterocycles. The third-order valence-corrected chi connectivity index (χ3v) is 3.49. The lowest BCUT2D eigenvalue weighted by molar-refractivity contribution is 0.649. The van der Waals surface area contributed by atoms with Crippen LogP contribution in [0.15, 0.2) is 35.1 Å². The molecule has 3 heteroatoms. The van der Waals surface area contributed by atoms with Gasteiger partial charge in [0.25, 0.3) is 5.56 Å². The molecule has 0 spiro atoms. The summed E-state index contributed by atoms with van der Waals surface area (Å²) >= 11 is 0. The van der Waals surface area contributed by atoms with Crippen LogP contribution in [-0.4, -0.2) is 11.0 Å². The summed E-state index contributed by atoms with van der Waals surface area (Å²) < 4.78 is 0. The second kappa shape index (κ2) is 4.00. The fourth-order valence-corrected chi connectivity index (χ4v) is 2.17. The van der Waals surface area contributed by atoms with Crippen molar-refractivity contribution in [2.24, 2.45) is 5.92 Å². The van der Waals surface area contributed by atoms with Crippen LogP contribution in [0.2, 0.25) is 0 Å². The molecule has 17 heavy (non-hydrogen) atoms. The number of benzene rings is 1. The molecule has 0 radical (unpaired) electrons. The summed E-state index contributed by atoms with van der Waals surface area (Å²) in [6.07, 6.45) is 1.23. The van der Waals surface area contributed by atoms with Gasteiger partial charge in [-0.05, 0) is 29.9 Å². The highest BCUT2D eigenvalue weighted by atomic mass is 16.1. The fourth-order valence-electron chi connectivity index (χ4n) is 2.17. The SMILES string of the molecule is C[C@H]1C[C@H]1NCc1cc2ccccc2[nH]c1=O. The van der Waals surface area contributed by atoms with Gasteiger partial charge in [0.2, 0.25) is 0 Å². The number of rotatable bonds is 3. The summed E-state index contributed by atoms with van der Waals surface area (Å²) in [6.45, 7) is 2.89. The third-order valence-electron chi connectivity index (χ3n) is 3.49. The van der Waals surface area contributed by atoms with Crippen LogP contribution in [0.1, 0.15) is 18.9 Å². The largest absolute Gasteiger partial charge is 0.322 e. The maximum Gasteiger partial charge on any atom is 0.252 e. The Hall–Kier alpha value is -1.61. The number of para-hydroxylation sites is 1. The Kier molecular flexibility index (Phi) is 2.48. The molecule has 1 saturated carbocycles. The molecule has 0 saturated heterocycles. The van der Waals surface area contributed by atoms with Gasteiger partial charge in [-0.2, -0.15) is 0 Å². The third kappa shape index (κ3) is 2.11. The van der Waals surface area contributed by atoms with Crippen LogP contribution in [0.4, 0.5) is 0 Å². The van der Waals surface area contributed by atoms with E-state index in [0.29, 0.717) is 12.6 Å². The Morgan fingerprint density at radius 3 is 2.94 bits per heavy atom. The molecule has 1 aromatic heterocycles. The minimum atomic E-state index is 0.0181. The van der Waals surface area contributed by atoms with Crippen LogP contribution in [-0.2, 0) is 6.54 Å². The van der Waals surface area contributed by atoms with Gasteiger partial charge in [0.15, 0.2) is 0 Å². The molecular weight excluding hydrogens is 212 g/mol. The van der Waals surface area contributed by atoms with Crippen molar-refractivity contribution >= 4 is 10.9 Å². The standard InChI is InChI=1S/C14H16N2O/c1-9-6-13(9)15-8-11-7-10-4-2-3-5-12(10)16-14(11)17/h2-5,7,9,13,15H,6,8H2,1H3,(H,16,17)/t9-,13+/m0/s1. The first-order valence-corrected chi connectivity index (χ1v) is 6.08. The van der Waals surface area contributed by atoms with Gasteiger partial charge >= 0.3 is 0 Å². The van der Waals surface area contributed by atoms with E-state index in [1.807, 2.05) is 30.3 Å². The average molecular weight is 228 g/mol. The molecule has 1 fully saturated rings. The van der Waals surface area contributed by atoms with Crippen molar-refractivity contribution < 1.29 is 0 Å². The van der Waals surface area contributed by atoms with Gasteiger partial charge in [-0.25, -0.2) is 0 Å². The molecule has 1 aromatic carbocycles. The molecule has 2 N–H and O–H groups in total. The lowest BCUT2D eigenvalue weighted by Gasteiger charge is -2.04. The predicted molar refractivity (Wildman–Crippen MR) is 69.0 cm³/mol. The summed E-state index contributed by atoms with van der Waals surface area (Å²) in [5.41, 5.74) is 1.74. The summed E-state index contributed by atoms with van der Waals surface area (Å²) in [4.78, 5) is 14.8. The topological polar surface area (TPSA) is 44.9 Å². The number of nitrogens with one attached hydrogen (secondary N) is 2. The van der Waals surface area contributed by atoms with Crippen molar-refractivity contribution in [1.82, 2.24) is 10.3 Å². The van der Waals surface area contributed by atoms with Crippen molar-refractivity contribution in [3.05, 3.63) is 46.2 Å². The Balaban J connectivity index is 1.88. The lowest BCUT2D eigenvalue weighted by atomic mass is 10.1. The molecule has 3 nitrogen and oxygen atoms in total. The normalized spacial score (nSPS) is 22.9. The number of H-pyrrole nitrogens is 1. The molecule has 0 bridgehead atoms. The van der Waals surface area contributed by atoms with Crippen molar-refractivity contribution in [3.8, 4) is 0 Å². The van der Waals surface area contributed by atoms with E-state index < -0.39 is 0 Å². The summed E-state index contributed by atoms with van der Waals surface area (Å²) in [7, 11) is 0. The van der Waals surface area contributed by atoms with Gasteiger partial charge in [0.1, 0.15) is 0 Å². The van der Waals surface area contributed by atoms with Crippen molar-refractivity contribution in [1.29, 1.82) is 0 Å². The van der Waals surface area contributed by atoms with Crippen LogP contribution in [0.3, 0.4) is 0 Å². The van der Waals surface area contributed by atoms with Crippen molar-refractivity contribution in [3.63, 3.8) is 0 Å². The molecule has 3 rings (SSSR count). The van der Waals surface area contributed by atoms with Gasteiger partial charge in [0, 0.05) is 23.7 Å². The maximum absolute atomic E-state index is 11.9. The van der Waals surface area contributed by atoms with E-state index in [9.17, 15) is 4.79 Å². The number of pyridine rings is 1. The monoisotopic (exact) mass is 228 g/mol. The van der Waals surface area contributed by atoms with E-state index in [2.05, 4.69) is 17.2 Å². The Morgan fingerprint density at radius 1 is 1.41 bits per heavy atom. The van der Waals surface area contributed by atoms with Gasteiger partial charge in [-0.15, -0.1) is 0 Å². The summed E-state index contributed by atoms with van der Waals surface area (Å²) in [5, 5.41) is 4.50. The average Bonchev–Trinajstić information content (AvgIpc) is 3.03. The summed E-state index contributed by atoms with van der Waals surface area (Å²) in [6, 6.07) is 10.4. The molecule has 0 unspecified atom stereocenters. The fraction of sp³-hybridized carbons (Fsp3) is 0.357. The zero-order valence-corrected chi connectivity index (χ0v) is 9.86. The lowest BCUT2D eigenvalue weighted by Crippen LogP contribution is -2.23. The highest BCUT2D eigenvalue weighted by molar-refractivity contribution is 5.78. The molecule has 0 amide bonds. The molecule has 2 atom stereocenters. The van der Waals surface area contributed by atoms with Crippen LogP contribution in [0.25, 0.3) is 10.9 Å². The number of hydrogen-bond acceptors (Lipinski definition) is 2. The number of fused-ring (bicyclic) bond motifs is 1. The van der Waals surface area contributed by atoms with Gasteiger partial charge in [-0.1, -0.05) is 25.1 Å². The Bertz CT molecular complexity index is 602. The predicted octanol–water partition coefficient (Wildman–Crippen LogP) is 2.03. The molecule has 2 aromatic rings. The molecule has 1 aliphatic carbocycles. The van der Waals surface area contributed by atoms with E-state index in [1.54, 1.807) is 0 Å². The number of aromatic nitrogens is 1. The van der Waals surface area contributed by atoms with E-state index in [-0.39, 0.29) is 5.56 Å². The van der Waals surface area contributed by atoms with Crippen LogP contribution in [0.5, 0.6) is 0 Å². The second-order valence-electron chi connectivity index (χ2n) is 4.91. The van der Waals surface area contributed by atoms with E-state index in [4.69, 9.17) is 0 Å². The first kappa shape index (κ1) is 10.5. The van der Waals surface area contributed by atoms with Gasteiger partial charge in [0.05, 0.1) is 0 Å². The molecule has 1 aliphatic rings. The molecule has 1 heterocycles. The smallest absolute Gasteiger partial charge is 0.252 e. The Morgan fingerprint density at radius 2 is 2.18 bits per heavy atom.